The average Bonchev–Trinajstić information content (AvgIpc) is 3.60. The van der Waals surface area contributed by atoms with E-state index in [2.05, 4.69) is 50.9 Å². The molecule has 0 saturated carbocycles. The number of benzene rings is 3. The average molecular weight is 686 g/mol. The number of aromatic nitrogens is 2. The van der Waals surface area contributed by atoms with Crippen LogP contribution in [0.2, 0.25) is 5.02 Å². The predicted octanol–water partition coefficient (Wildman–Crippen LogP) is 2.75. The number of guanidine groups is 1. The first-order chi connectivity index (χ1) is 23.6. The molecule has 258 valence electrons. The molecule has 0 spiro atoms. The van der Waals surface area contributed by atoms with Crippen LogP contribution in [0.25, 0.3) is 10.8 Å². The van der Waals surface area contributed by atoms with E-state index in [-0.39, 0.29) is 36.7 Å². The van der Waals surface area contributed by atoms with Crippen LogP contribution in [-0.4, -0.2) is 87.3 Å². The Kier molecular flexibility index (Phi) is 11.9. The first-order valence-electron chi connectivity index (χ1n) is 16.5. The smallest absolute Gasteiger partial charge is 0.246 e. The van der Waals surface area contributed by atoms with Gasteiger partial charge in [-0.2, -0.15) is 0 Å². The third-order valence-electron chi connectivity index (χ3n) is 8.93. The molecule has 3 aromatic carbocycles. The highest BCUT2D eigenvalue weighted by atomic mass is 35.5. The van der Waals surface area contributed by atoms with E-state index in [0.717, 1.165) is 21.9 Å². The third kappa shape index (κ3) is 9.36. The molecule has 1 aliphatic rings. The van der Waals surface area contributed by atoms with E-state index in [0.29, 0.717) is 49.6 Å². The summed E-state index contributed by atoms with van der Waals surface area (Å²) in [5.41, 5.74) is 14.3. The number of imidazole rings is 1. The summed E-state index contributed by atoms with van der Waals surface area (Å²) < 4.78 is 0. The molecule has 4 aromatic rings. The number of nitrogens with zero attached hydrogens (tertiary/aromatic N) is 3. The standard InChI is InChI=1S/C36H44ClN9O3/c1-23-21-46(34(48)31(18-24-9-12-28(37)13-10-24)44-33(47)30(38)19-29-20-41-22-43-29)32(7-4-15-42-36(39)40)35(49)45(23)16-14-25-8-11-26-5-2-3-6-27(26)17-25/h2-3,5-6,8-13,17,20,22-23,30-32H,4,7,14-16,18-19,21,38H2,1H3,(H,41,43)(H,44,47)(H4,39,40,42)/t23?,30-,31+,32?/m0/s1. The van der Waals surface area contributed by atoms with Crippen molar-refractivity contribution in [2.75, 3.05) is 19.6 Å². The molecule has 8 N–H and O–H groups in total. The van der Waals surface area contributed by atoms with Crippen molar-refractivity contribution in [3.8, 4) is 0 Å². The highest BCUT2D eigenvalue weighted by Crippen LogP contribution is 2.24. The number of nitrogens with two attached hydrogens (primary N) is 2. The molecule has 1 fully saturated rings. The number of fused-ring (bicyclic) bond motifs is 1. The molecule has 1 saturated heterocycles. The lowest BCUT2D eigenvalue weighted by Crippen LogP contribution is -2.65. The number of H-pyrrole nitrogens is 1. The molecule has 1 aliphatic heterocycles. The number of carbonyl (C=O) groups excluding carboxylic acids is 3. The van der Waals surface area contributed by atoms with Crippen LogP contribution in [0, 0.1) is 5.41 Å². The Bertz CT molecular complexity index is 1750. The predicted molar refractivity (Wildman–Crippen MR) is 191 cm³/mol. The molecule has 13 heteroatoms. The van der Waals surface area contributed by atoms with Crippen molar-refractivity contribution in [2.24, 2.45) is 11.5 Å². The lowest BCUT2D eigenvalue weighted by atomic mass is 9.97. The summed E-state index contributed by atoms with van der Waals surface area (Å²) in [6.07, 6.45) is 5.06. The van der Waals surface area contributed by atoms with Crippen LogP contribution in [-0.2, 0) is 33.6 Å². The van der Waals surface area contributed by atoms with Crippen molar-refractivity contribution in [3.63, 3.8) is 0 Å². The van der Waals surface area contributed by atoms with Crippen LogP contribution in [0.3, 0.4) is 0 Å². The number of carbonyl (C=O) groups is 3. The van der Waals surface area contributed by atoms with Crippen LogP contribution in [0.1, 0.15) is 36.6 Å². The van der Waals surface area contributed by atoms with Gasteiger partial charge >= 0.3 is 0 Å². The number of halogens is 1. The number of aromatic amines is 1. The monoisotopic (exact) mass is 685 g/mol. The topological polar surface area (TPSA) is 186 Å². The molecule has 4 atom stereocenters. The number of piperazine rings is 1. The lowest BCUT2D eigenvalue weighted by Gasteiger charge is -2.46. The van der Waals surface area contributed by atoms with Gasteiger partial charge in [0.2, 0.25) is 17.7 Å². The minimum absolute atomic E-state index is 0.150. The number of rotatable bonds is 14. The Morgan fingerprint density at radius 2 is 1.82 bits per heavy atom. The maximum absolute atomic E-state index is 14.5. The fourth-order valence-corrected chi connectivity index (χ4v) is 6.45. The summed E-state index contributed by atoms with van der Waals surface area (Å²) in [6, 6.07) is 18.6. The quantitative estimate of drug-likeness (QED) is 0.0669. The van der Waals surface area contributed by atoms with Gasteiger partial charge in [-0.3, -0.25) is 19.8 Å². The van der Waals surface area contributed by atoms with Gasteiger partial charge in [0.15, 0.2) is 5.96 Å². The zero-order valence-electron chi connectivity index (χ0n) is 27.6. The Morgan fingerprint density at radius 1 is 1.08 bits per heavy atom. The molecule has 0 aliphatic carbocycles. The van der Waals surface area contributed by atoms with Crippen LogP contribution in [0.15, 0.2) is 79.3 Å². The number of hydrogen-bond acceptors (Lipinski definition) is 6. The van der Waals surface area contributed by atoms with Crippen molar-refractivity contribution in [1.82, 2.24) is 30.4 Å². The molecule has 2 heterocycles. The van der Waals surface area contributed by atoms with Gasteiger partial charge in [0.1, 0.15) is 12.1 Å². The van der Waals surface area contributed by atoms with Crippen LogP contribution < -0.4 is 22.1 Å². The summed E-state index contributed by atoms with van der Waals surface area (Å²) in [5.74, 6) is -1.17. The largest absolute Gasteiger partial charge is 0.370 e. The van der Waals surface area contributed by atoms with Crippen molar-refractivity contribution in [3.05, 3.63) is 101 Å². The number of hydrogen-bond donors (Lipinski definition) is 6. The molecule has 1 aromatic heterocycles. The molecule has 49 heavy (non-hydrogen) atoms. The zero-order chi connectivity index (χ0) is 34.9. The van der Waals surface area contributed by atoms with Gasteiger partial charge in [0.25, 0.3) is 0 Å². The van der Waals surface area contributed by atoms with Crippen molar-refractivity contribution >= 4 is 46.1 Å². The van der Waals surface area contributed by atoms with Gasteiger partial charge in [-0.05, 0) is 60.2 Å². The second-order valence-electron chi connectivity index (χ2n) is 12.6. The fourth-order valence-electron chi connectivity index (χ4n) is 6.32. The SMILES string of the molecule is CC1CN(C(=O)[C@@H](Cc2ccc(Cl)cc2)NC(=O)[C@@H](N)Cc2c[nH]cn2)C(CCCNC(=N)N)C(=O)N1CCc1ccc2ccccc2c1. The Morgan fingerprint density at radius 3 is 2.53 bits per heavy atom. The van der Waals surface area contributed by atoms with Gasteiger partial charge in [-0.1, -0.05) is 66.2 Å². The van der Waals surface area contributed by atoms with E-state index in [1.807, 2.05) is 36.1 Å². The minimum Gasteiger partial charge on any atom is -0.370 e. The molecule has 0 radical (unpaired) electrons. The minimum atomic E-state index is -0.985. The first kappa shape index (κ1) is 35.4. The summed E-state index contributed by atoms with van der Waals surface area (Å²) >= 11 is 6.12. The first-order valence-corrected chi connectivity index (χ1v) is 16.9. The number of amides is 3. The zero-order valence-corrected chi connectivity index (χ0v) is 28.3. The maximum Gasteiger partial charge on any atom is 0.246 e. The molecule has 12 nitrogen and oxygen atoms in total. The third-order valence-corrected chi connectivity index (χ3v) is 9.19. The summed E-state index contributed by atoms with van der Waals surface area (Å²) in [5, 5.41) is 16.0. The van der Waals surface area contributed by atoms with Crippen molar-refractivity contribution < 1.29 is 14.4 Å². The number of nitrogens with one attached hydrogen (secondary N) is 4. The maximum atomic E-state index is 14.5. The summed E-state index contributed by atoms with van der Waals surface area (Å²) in [7, 11) is 0. The van der Waals surface area contributed by atoms with Crippen molar-refractivity contribution in [2.45, 2.75) is 63.2 Å². The molecule has 3 amide bonds. The van der Waals surface area contributed by atoms with Gasteiger partial charge in [-0.15, -0.1) is 0 Å². The lowest BCUT2D eigenvalue weighted by molar-refractivity contribution is -0.156. The van der Waals surface area contributed by atoms with E-state index in [4.69, 9.17) is 28.5 Å². The highest BCUT2D eigenvalue weighted by Gasteiger charge is 2.42. The van der Waals surface area contributed by atoms with E-state index in [9.17, 15) is 14.4 Å². The van der Waals surface area contributed by atoms with E-state index >= 15 is 0 Å². The normalized spacial score (nSPS) is 17.5. The molecular weight excluding hydrogens is 642 g/mol. The Balaban J connectivity index is 1.36. The molecule has 2 unspecified atom stereocenters. The Hall–Kier alpha value is -4.94. The van der Waals surface area contributed by atoms with Gasteiger partial charge < -0.3 is 36.9 Å². The van der Waals surface area contributed by atoms with Gasteiger partial charge in [0.05, 0.1) is 18.1 Å². The highest BCUT2D eigenvalue weighted by molar-refractivity contribution is 6.30. The van der Waals surface area contributed by atoms with Gasteiger partial charge in [0, 0.05) is 49.7 Å². The van der Waals surface area contributed by atoms with E-state index in [1.54, 1.807) is 23.2 Å². The summed E-state index contributed by atoms with van der Waals surface area (Å²) in [4.78, 5) is 52.6. The van der Waals surface area contributed by atoms with E-state index in [1.165, 1.54) is 6.33 Å². The Labute approximate surface area is 291 Å². The van der Waals surface area contributed by atoms with Gasteiger partial charge in [-0.25, -0.2) is 4.98 Å². The van der Waals surface area contributed by atoms with E-state index < -0.39 is 24.0 Å². The van der Waals surface area contributed by atoms with Crippen LogP contribution in [0.4, 0.5) is 0 Å². The second kappa shape index (κ2) is 16.4. The van der Waals surface area contributed by atoms with Crippen molar-refractivity contribution in [1.29, 1.82) is 5.41 Å². The second-order valence-corrected chi connectivity index (χ2v) is 13.0. The molecular formula is C36H44ClN9O3. The van der Waals surface area contributed by atoms with Crippen LogP contribution >= 0.6 is 11.6 Å². The molecule has 0 bridgehead atoms. The van der Waals surface area contributed by atoms with Crippen LogP contribution in [0.5, 0.6) is 0 Å². The summed E-state index contributed by atoms with van der Waals surface area (Å²) in [6.45, 7) is 3.11. The fraction of sp³-hybridized carbons (Fsp3) is 0.361. The molecule has 5 rings (SSSR count).